The number of rotatable bonds is 40. The highest BCUT2D eigenvalue weighted by molar-refractivity contribution is 5.70. The molecule has 5 nitrogen and oxygen atoms in total. The Kier molecular flexibility index (Phi) is 46.7. The van der Waals surface area contributed by atoms with Crippen molar-refractivity contribution in [2.45, 2.75) is 161 Å². The zero-order valence-corrected chi connectivity index (χ0v) is 38.8. The summed E-state index contributed by atoms with van der Waals surface area (Å²) in [4.78, 5) is 24.3. The van der Waals surface area contributed by atoms with Crippen LogP contribution < -0.4 is 0 Å². The third kappa shape index (κ3) is 47.9. The van der Waals surface area contributed by atoms with Crippen LogP contribution in [0.15, 0.2) is 170 Å². The highest BCUT2D eigenvalue weighted by Gasteiger charge is 2.16. The van der Waals surface area contributed by atoms with Crippen molar-refractivity contribution in [3.8, 4) is 0 Å². The lowest BCUT2D eigenvalue weighted by atomic mass is 10.1. The summed E-state index contributed by atoms with van der Waals surface area (Å²) in [7, 11) is 0. The Balaban J connectivity index is 3.77. The number of aliphatic hydroxyl groups is 1. The average molecular weight is 849 g/mol. The van der Waals surface area contributed by atoms with E-state index in [0.29, 0.717) is 6.42 Å². The Morgan fingerprint density at radius 3 is 0.984 bits per heavy atom. The molecule has 0 spiro atoms. The predicted octanol–water partition coefficient (Wildman–Crippen LogP) is 15.8. The molecule has 0 aliphatic rings. The largest absolute Gasteiger partial charge is 0.462 e. The Bertz CT molecular complexity index is 1470. The van der Waals surface area contributed by atoms with Crippen molar-refractivity contribution >= 4 is 11.9 Å². The van der Waals surface area contributed by atoms with Crippen LogP contribution in [0.4, 0.5) is 0 Å². The van der Waals surface area contributed by atoms with Gasteiger partial charge in [0.1, 0.15) is 6.61 Å². The van der Waals surface area contributed by atoms with Crippen LogP contribution in [-0.2, 0) is 19.1 Å². The zero-order valence-electron chi connectivity index (χ0n) is 38.8. The molecule has 0 bridgehead atoms. The molecule has 0 heterocycles. The van der Waals surface area contributed by atoms with E-state index in [2.05, 4.69) is 184 Å². The fourth-order valence-corrected chi connectivity index (χ4v) is 5.52. The van der Waals surface area contributed by atoms with Crippen molar-refractivity contribution < 1.29 is 24.2 Å². The van der Waals surface area contributed by atoms with E-state index in [4.69, 9.17) is 9.47 Å². The second-order valence-electron chi connectivity index (χ2n) is 14.7. The molecule has 0 aromatic heterocycles. The lowest BCUT2D eigenvalue weighted by Gasteiger charge is -2.15. The van der Waals surface area contributed by atoms with Gasteiger partial charge in [0.2, 0.25) is 0 Å². The lowest BCUT2D eigenvalue weighted by Crippen LogP contribution is -2.28. The molecule has 0 amide bonds. The molecule has 62 heavy (non-hydrogen) atoms. The van der Waals surface area contributed by atoms with Crippen molar-refractivity contribution in [2.24, 2.45) is 0 Å². The van der Waals surface area contributed by atoms with Crippen LogP contribution in [0.25, 0.3) is 0 Å². The number of esters is 2. The maximum atomic E-state index is 12.2. The van der Waals surface area contributed by atoms with Gasteiger partial charge in [0.25, 0.3) is 0 Å². The van der Waals surface area contributed by atoms with E-state index < -0.39 is 6.10 Å². The van der Waals surface area contributed by atoms with Crippen molar-refractivity contribution in [3.63, 3.8) is 0 Å². The molecule has 0 rings (SSSR count). The smallest absolute Gasteiger partial charge is 0.306 e. The molecule has 0 radical (unpaired) electrons. The Morgan fingerprint density at radius 1 is 0.371 bits per heavy atom. The molecule has 5 heteroatoms. The van der Waals surface area contributed by atoms with Gasteiger partial charge in [-0.2, -0.15) is 0 Å². The van der Waals surface area contributed by atoms with E-state index in [0.717, 1.165) is 122 Å². The number of unbranched alkanes of at least 4 members (excludes halogenated alkanes) is 4. The number of hydrogen-bond acceptors (Lipinski definition) is 5. The monoisotopic (exact) mass is 849 g/mol. The molecular weight excluding hydrogens is 765 g/mol. The van der Waals surface area contributed by atoms with Crippen LogP contribution in [0.2, 0.25) is 0 Å². The summed E-state index contributed by atoms with van der Waals surface area (Å²) in [5.74, 6) is -0.717. The second-order valence-corrected chi connectivity index (χ2v) is 14.7. The van der Waals surface area contributed by atoms with Crippen LogP contribution in [-0.4, -0.2) is 36.4 Å². The van der Waals surface area contributed by atoms with E-state index in [-0.39, 0.29) is 38.0 Å². The first-order valence-corrected chi connectivity index (χ1v) is 23.7. The molecule has 342 valence electrons. The highest BCUT2D eigenvalue weighted by Crippen LogP contribution is 2.08. The first-order chi connectivity index (χ1) is 30.6. The van der Waals surface area contributed by atoms with Gasteiger partial charge in [-0.15, -0.1) is 0 Å². The molecule has 0 saturated heterocycles. The van der Waals surface area contributed by atoms with Crippen LogP contribution >= 0.6 is 0 Å². The van der Waals surface area contributed by atoms with Gasteiger partial charge < -0.3 is 14.6 Å². The number of carbonyl (C=O) groups excluding carboxylic acids is 2. The Morgan fingerprint density at radius 2 is 0.661 bits per heavy atom. The quantitative estimate of drug-likeness (QED) is 0.0378. The highest BCUT2D eigenvalue weighted by atomic mass is 16.6. The minimum Gasteiger partial charge on any atom is -0.462 e. The summed E-state index contributed by atoms with van der Waals surface area (Å²) in [5.41, 5.74) is 0. The Hall–Kier alpha value is -4.74. The summed E-state index contributed by atoms with van der Waals surface area (Å²) in [5, 5.41) is 9.59. The van der Waals surface area contributed by atoms with Gasteiger partial charge in [0.15, 0.2) is 6.10 Å². The molecule has 0 aromatic rings. The first kappa shape index (κ1) is 57.3. The maximum absolute atomic E-state index is 12.2. The maximum Gasteiger partial charge on any atom is 0.306 e. The molecule has 0 aliphatic heterocycles. The number of aliphatic hydroxyl groups excluding tert-OH is 1. The summed E-state index contributed by atoms with van der Waals surface area (Å²) in [6.07, 6.45) is 80.1. The van der Waals surface area contributed by atoms with Crippen LogP contribution in [0.3, 0.4) is 0 Å². The summed E-state index contributed by atoms with van der Waals surface area (Å²) in [6.45, 7) is 3.80. The number of allylic oxidation sites excluding steroid dienone is 28. The molecule has 0 aliphatic carbocycles. The van der Waals surface area contributed by atoms with Crippen LogP contribution in [0.1, 0.15) is 155 Å². The van der Waals surface area contributed by atoms with E-state index >= 15 is 0 Å². The fourth-order valence-electron chi connectivity index (χ4n) is 5.52. The van der Waals surface area contributed by atoms with Gasteiger partial charge in [-0.25, -0.2) is 0 Å². The minimum absolute atomic E-state index is 0.122. The van der Waals surface area contributed by atoms with Gasteiger partial charge >= 0.3 is 11.9 Å². The number of hydrogen-bond donors (Lipinski definition) is 1. The summed E-state index contributed by atoms with van der Waals surface area (Å²) in [6, 6.07) is 0. The van der Waals surface area contributed by atoms with Gasteiger partial charge in [-0.05, 0) is 122 Å². The average Bonchev–Trinajstić information content (AvgIpc) is 3.28. The fraction of sp³-hybridized carbons (Fsp3) is 0.474. The van der Waals surface area contributed by atoms with Crippen LogP contribution in [0.5, 0.6) is 0 Å². The second kappa shape index (κ2) is 50.6. The van der Waals surface area contributed by atoms with Crippen LogP contribution in [0, 0.1) is 0 Å². The summed E-state index contributed by atoms with van der Waals surface area (Å²) < 4.78 is 10.6. The van der Waals surface area contributed by atoms with Gasteiger partial charge in [-0.3, -0.25) is 9.59 Å². The number of ether oxygens (including phenoxy) is 2. The normalized spacial score (nSPS) is 13.8. The molecule has 1 atom stereocenters. The number of carbonyl (C=O) groups is 2. The zero-order chi connectivity index (χ0) is 44.9. The topological polar surface area (TPSA) is 72.8 Å². The minimum atomic E-state index is -0.827. The molecule has 1 unspecified atom stereocenters. The van der Waals surface area contributed by atoms with E-state index in [1.165, 1.54) is 0 Å². The van der Waals surface area contributed by atoms with Crippen molar-refractivity contribution in [2.75, 3.05) is 13.2 Å². The molecular formula is C57H84O5. The third-order valence-electron chi connectivity index (χ3n) is 9.01. The van der Waals surface area contributed by atoms with Crippen molar-refractivity contribution in [3.05, 3.63) is 170 Å². The van der Waals surface area contributed by atoms with E-state index in [1.807, 2.05) is 0 Å². The Labute approximate surface area is 379 Å². The molecule has 1 N–H and O–H groups in total. The standard InChI is InChI=1S/C57H84O5/c1-3-5-7-9-11-13-15-17-19-21-22-23-24-25-26-27-28-29-30-31-32-33-34-36-38-40-42-44-46-48-50-52-57(60)62-55(53-58)54-61-56(59)51-49-47-45-43-41-39-37-35-20-18-16-14-12-10-8-6-4-2/h5-8,11-14,17-20,22-23,25-26,28-29,31-32,34,36-37,39-40,42-43,45,55,58H,3-4,9-10,15-16,21,24,27,30,33,35,38,41,44,46-54H2,1-2H3/b7-5-,8-6-,13-11-,14-12-,19-17-,20-18-,23-22-,26-25-,29-28-,32-31-,36-34-,39-37-,42-40-,45-43-. The van der Waals surface area contributed by atoms with E-state index in [1.54, 1.807) is 0 Å². The van der Waals surface area contributed by atoms with E-state index in [9.17, 15) is 14.7 Å². The van der Waals surface area contributed by atoms with Crippen molar-refractivity contribution in [1.29, 1.82) is 0 Å². The summed E-state index contributed by atoms with van der Waals surface area (Å²) >= 11 is 0. The molecule has 0 fully saturated rings. The molecule has 0 aromatic carbocycles. The third-order valence-corrected chi connectivity index (χ3v) is 9.01. The SMILES string of the molecule is CC/C=C\C/C=C\C/C=C\C/C=C\C/C=C\C/C=C\C/C=C\C/C=C\C/C=C\CCCCCC(=O)OC(CO)COC(=O)CCC/C=C\C/C=C\C/C=C\C/C=C\C/C=C\CC. The molecule has 0 saturated carbocycles. The van der Waals surface area contributed by atoms with Gasteiger partial charge in [-0.1, -0.05) is 190 Å². The predicted molar refractivity (Wildman–Crippen MR) is 269 cm³/mol. The van der Waals surface area contributed by atoms with Gasteiger partial charge in [0.05, 0.1) is 6.61 Å². The lowest BCUT2D eigenvalue weighted by molar-refractivity contribution is -0.161. The van der Waals surface area contributed by atoms with Crippen molar-refractivity contribution in [1.82, 2.24) is 0 Å². The van der Waals surface area contributed by atoms with Gasteiger partial charge in [0, 0.05) is 12.8 Å². The first-order valence-electron chi connectivity index (χ1n) is 23.7.